The molecule has 0 N–H and O–H groups in total. The minimum absolute atomic E-state index is 0.702. The van der Waals surface area contributed by atoms with Crippen LogP contribution in [0.5, 0.6) is 0 Å². The minimum Gasteiger partial charge on any atom is -0.241 e. The van der Waals surface area contributed by atoms with Gasteiger partial charge in [-0.15, -0.1) is 0 Å². The largest absolute Gasteiger partial charge is 0.241 e. The first-order valence-corrected chi connectivity index (χ1v) is 5.34. The van der Waals surface area contributed by atoms with Crippen molar-refractivity contribution in [2.24, 2.45) is 0 Å². The summed E-state index contributed by atoms with van der Waals surface area (Å²) in [5.74, 6) is 0. The van der Waals surface area contributed by atoms with Gasteiger partial charge in [-0.1, -0.05) is 11.6 Å². The highest BCUT2D eigenvalue weighted by Gasteiger charge is 2.09. The highest BCUT2D eigenvalue weighted by Crippen LogP contribution is 2.32. The number of halogens is 2. The molecule has 2 aromatic rings. The summed E-state index contributed by atoms with van der Waals surface area (Å²) >= 11 is 9.49. The molecule has 0 amide bonds. The maximum absolute atomic E-state index is 6.06. The van der Waals surface area contributed by atoms with E-state index < -0.39 is 0 Å². The molecule has 14 heavy (non-hydrogen) atoms. The zero-order valence-corrected chi connectivity index (χ0v) is 10.1. The lowest BCUT2D eigenvalue weighted by Crippen LogP contribution is -1.91. The monoisotopic (exact) mass is 270 g/mol. The molecule has 0 atom stereocenters. The first-order valence-electron chi connectivity index (χ1n) is 4.17. The van der Waals surface area contributed by atoms with Crippen LogP contribution in [0.25, 0.3) is 10.9 Å². The number of benzene rings is 1. The van der Waals surface area contributed by atoms with Gasteiger partial charge in [-0.2, -0.15) is 0 Å². The van der Waals surface area contributed by atoms with Crippen LogP contribution in [0.4, 0.5) is 0 Å². The molecule has 0 saturated carbocycles. The highest BCUT2D eigenvalue weighted by atomic mass is 79.9. The second-order valence-corrected chi connectivity index (χ2v) is 4.35. The normalized spacial score (nSPS) is 10.9. The molecular weight excluding hydrogens is 263 g/mol. The van der Waals surface area contributed by atoms with E-state index in [-0.39, 0.29) is 0 Å². The Morgan fingerprint density at radius 3 is 2.71 bits per heavy atom. The van der Waals surface area contributed by atoms with E-state index >= 15 is 0 Å². The third-order valence-electron chi connectivity index (χ3n) is 2.25. The Labute approximate surface area is 95.5 Å². The molecule has 0 fully saturated rings. The SMILES string of the molecule is Cc1ncnc2c(C)c(Br)c(Cl)cc12. The van der Waals surface area contributed by atoms with Crippen LogP contribution in [0.3, 0.4) is 0 Å². The quantitative estimate of drug-likeness (QED) is 0.731. The van der Waals surface area contributed by atoms with E-state index in [4.69, 9.17) is 11.6 Å². The van der Waals surface area contributed by atoms with Crippen molar-refractivity contribution in [3.8, 4) is 0 Å². The Balaban J connectivity index is 2.98. The second kappa shape index (κ2) is 3.48. The number of hydrogen-bond donors (Lipinski definition) is 0. The van der Waals surface area contributed by atoms with Gasteiger partial charge in [0.25, 0.3) is 0 Å². The van der Waals surface area contributed by atoms with E-state index in [1.807, 2.05) is 19.9 Å². The fourth-order valence-corrected chi connectivity index (χ4v) is 1.98. The Hall–Kier alpha value is -0.670. The molecular formula is C10H8BrClN2. The maximum atomic E-state index is 6.06. The molecule has 0 aliphatic heterocycles. The average molecular weight is 272 g/mol. The third kappa shape index (κ3) is 1.41. The van der Waals surface area contributed by atoms with Gasteiger partial charge < -0.3 is 0 Å². The Morgan fingerprint density at radius 1 is 1.29 bits per heavy atom. The number of nitrogens with zero attached hydrogens (tertiary/aromatic N) is 2. The molecule has 2 nitrogen and oxygen atoms in total. The summed E-state index contributed by atoms with van der Waals surface area (Å²) in [4.78, 5) is 8.38. The molecule has 72 valence electrons. The number of aryl methyl sites for hydroxylation is 2. The predicted octanol–water partition coefficient (Wildman–Crippen LogP) is 3.66. The van der Waals surface area contributed by atoms with Gasteiger partial charge in [-0.05, 0) is 41.4 Å². The molecule has 0 spiro atoms. The van der Waals surface area contributed by atoms with Crippen LogP contribution in [0.15, 0.2) is 16.9 Å². The van der Waals surface area contributed by atoms with E-state index in [1.165, 1.54) is 0 Å². The van der Waals surface area contributed by atoms with Gasteiger partial charge in [-0.3, -0.25) is 0 Å². The third-order valence-corrected chi connectivity index (χ3v) is 3.80. The summed E-state index contributed by atoms with van der Waals surface area (Å²) < 4.78 is 0.907. The fourth-order valence-electron chi connectivity index (χ4n) is 1.43. The number of aromatic nitrogens is 2. The van der Waals surface area contributed by atoms with Crippen LogP contribution >= 0.6 is 27.5 Å². The van der Waals surface area contributed by atoms with E-state index in [9.17, 15) is 0 Å². The summed E-state index contributed by atoms with van der Waals surface area (Å²) in [6.07, 6.45) is 1.57. The molecule has 0 aliphatic carbocycles. The van der Waals surface area contributed by atoms with Gasteiger partial charge in [0.05, 0.1) is 10.5 Å². The summed E-state index contributed by atoms with van der Waals surface area (Å²) in [6.45, 7) is 3.94. The van der Waals surface area contributed by atoms with Gasteiger partial charge in [0.2, 0.25) is 0 Å². The zero-order chi connectivity index (χ0) is 10.3. The molecule has 0 radical (unpaired) electrons. The standard InChI is InChI=1S/C10H8BrClN2/c1-5-9(11)8(12)3-7-6(2)13-4-14-10(5)7/h3-4H,1-2H3. The number of hydrogen-bond acceptors (Lipinski definition) is 2. The molecule has 0 saturated heterocycles. The first-order chi connectivity index (χ1) is 6.61. The first kappa shape index (κ1) is 9.87. The summed E-state index contributed by atoms with van der Waals surface area (Å²) in [5, 5.41) is 1.71. The molecule has 0 unspecified atom stereocenters. The summed E-state index contributed by atoms with van der Waals surface area (Å²) in [5.41, 5.74) is 2.96. The van der Waals surface area contributed by atoms with Gasteiger partial charge in [-0.25, -0.2) is 9.97 Å². The minimum atomic E-state index is 0.702. The van der Waals surface area contributed by atoms with E-state index in [0.717, 1.165) is 26.6 Å². The van der Waals surface area contributed by atoms with Crippen LogP contribution in [-0.4, -0.2) is 9.97 Å². The van der Waals surface area contributed by atoms with E-state index in [0.29, 0.717) is 5.02 Å². The van der Waals surface area contributed by atoms with Crippen LogP contribution in [0, 0.1) is 13.8 Å². The van der Waals surface area contributed by atoms with Crippen molar-refractivity contribution in [3.05, 3.63) is 33.1 Å². The van der Waals surface area contributed by atoms with E-state index in [1.54, 1.807) is 6.33 Å². The van der Waals surface area contributed by atoms with Crippen molar-refractivity contribution in [1.29, 1.82) is 0 Å². The lowest BCUT2D eigenvalue weighted by Gasteiger charge is -2.06. The number of rotatable bonds is 0. The molecule has 1 aromatic carbocycles. The van der Waals surface area contributed by atoms with Gasteiger partial charge in [0.15, 0.2) is 0 Å². The topological polar surface area (TPSA) is 25.8 Å². The lowest BCUT2D eigenvalue weighted by molar-refractivity contribution is 1.14. The Kier molecular flexibility index (Phi) is 2.45. The summed E-state index contributed by atoms with van der Waals surface area (Å²) in [7, 11) is 0. The zero-order valence-electron chi connectivity index (χ0n) is 7.81. The molecule has 0 bridgehead atoms. The van der Waals surface area contributed by atoms with Crippen molar-refractivity contribution in [2.45, 2.75) is 13.8 Å². The molecule has 4 heteroatoms. The van der Waals surface area contributed by atoms with Gasteiger partial charge in [0, 0.05) is 15.6 Å². The predicted molar refractivity (Wildman–Crippen MR) is 61.7 cm³/mol. The van der Waals surface area contributed by atoms with Crippen LogP contribution < -0.4 is 0 Å². The van der Waals surface area contributed by atoms with Crippen molar-refractivity contribution >= 4 is 38.4 Å². The lowest BCUT2D eigenvalue weighted by atomic mass is 10.1. The van der Waals surface area contributed by atoms with Crippen molar-refractivity contribution in [1.82, 2.24) is 9.97 Å². The van der Waals surface area contributed by atoms with Crippen LogP contribution in [-0.2, 0) is 0 Å². The molecule has 1 aromatic heterocycles. The van der Waals surface area contributed by atoms with Crippen LogP contribution in [0.2, 0.25) is 5.02 Å². The van der Waals surface area contributed by atoms with Gasteiger partial charge >= 0.3 is 0 Å². The second-order valence-electron chi connectivity index (χ2n) is 3.15. The Bertz CT molecular complexity index is 511. The van der Waals surface area contributed by atoms with Gasteiger partial charge in [0.1, 0.15) is 6.33 Å². The Morgan fingerprint density at radius 2 is 2.00 bits per heavy atom. The average Bonchev–Trinajstić information content (AvgIpc) is 2.17. The van der Waals surface area contributed by atoms with Crippen molar-refractivity contribution < 1.29 is 0 Å². The highest BCUT2D eigenvalue weighted by molar-refractivity contribution is 9.10. The fraction of sp³-hybridized carbons (Fsp3) is 0.200. The van der Waals surface area contributed by atoms with Crippen molar-refractivity contribution in [3.63, 3.8) is 0 Å². The smallest absolute Gasteiger partial charge is 0.116 e. The molecule has 0 aliphatic rings. The molecule has 2 rings (SSSR count). The maximum Gasteiger partial charge on any atom is 0.116 e. The van der Waals surface area contributed by atoms with Crippen LogP contribution in [0.1, 0.15) is 11.3 Å². The van der Waals surface area contributed by atoms with Crippen molar-refractivity contribution in [2.75, 3.05) is 0 Å². The number of fused-ring (bicyclic) bond motifs is 1. The van der Waals surface area contributed by atoms with E-state index in [2.05, 4.69) is 25.9 Å². The summed E-state index contributed by atoms with van der Waals surface area (Å²) in [6, 6.07) is 1.89. The molecule has 1 heterocycles.